The molecule has 0 aromatic heterocycles. The topological polar surface area (TPSA) is 98.8 Å². The Morgan fingerprint density at radius 1 is 0.929 bits per heavy atom. The Hall–Kier alpha value is -2.90. The summed E-state index contributed by atoms with van der Waals surface area (Å²) in [5.41, 5.74) is 0.671. The molecule has 8 nitrogen and oxygen atoms in total. The van der Waals surface area contributed by atoms with Crippen LogP contribution in [-0.2, 0) is 4.79 Å². The Balaban J connectivity index is 1.31. The maximum atomic E-state index is 12.7. The molecule has 2 heterocycles. The van der Waals surface area contributed by atoms with E-state index in [0.29, 0.717) is 43.1 Å². The highest BCUT2D eigenvalue weighted by Crippen LogP contribution is 2.25. The number of urea groups is 1. The molecule has 0 spiro atoms. The summed E-state index contributed by atoms with van der Waals surface area (Å²) in [6.45, 7) is 2.71. The zero-order valence-electron chi connectivity index (χ0n) is 15.8. The van der Waals surface area contributed by atoms with Gasteiger partial charge in [-0.05, 0) is 44.7 Å². The van der Waals surface area contributed by atoms with Crippen molar-refractivity contribution in [3.05, 3.63) is 35.4 Å². The highest BCUT2D eigenvalue weighted by molar-refractivity contribution is 6.22. The fourth-order valence-electron chi connectivity index (χ4n) is 3.72. The number of hydrogen-bond donors (Lipinski definition) is 2. The van der Waals surface area contributed by atoms with Gasteiger partial charge in [0, 0.05) is 25.2 Å². The third kappa shape index (κ3) is 3.46. The van der Waals surface area contributed by atoms with Crippen molar-refractivity contribution >= 4 is 23.8 Å². The molecule has 4 rings (SSSR count). The molecule has 0 bridgehead atoms. The SMILES string of the molecule is CC(C(=O)NC1CCN(C(=O)NC2CC2)CC1)N1C(=O)c2ccccc2C1=O. The zero-order valence-corrected chi connectivity index (χ0v) is 15.8. The number of nitrogens with one attached hydrogen (secondary N) is 2. The van der Waals surface area contributed by atoms with Crippen molar-refractivity contribution < 1.29 is 19.2 Å². The lowest BCUT2D eigenvalue weighted by atomic mass is 10.0. The van der Waals surface area contributed by atoms with E-state index in [1.807, 2.05) is 0 Å². The Labute approximate surface area is 163 Å². The third-order valence-electron chi connectivity index (χ3n) is 5.63. The van der Waals surface area contributed by atoms with Crippen LogP contribution >= 0.6 is 0 Å². The van der Waals surface area contributed by atoms with E-state index in [-0.39, 0.29) is 18.0 Å². The molecule has 2 N–H and O–H groups in total. The Bertz CT molecular complexity index is 792. The summed E-state index contributed by atoms with van der Waals surface area (Å²) >= 11 is 0. The Morgan fingerprint density at radius 2 is 1.46 bits per heavy atom. The maximum Gasteiger partial charge on any atom is 0.317 e. The van der Waals surface area contributed by atoms with Crippen LogP contribution in [0.5, 0.6) is 0 Å². The standard InChI is InChI=1S/C20H24N4O4/c1-12(24-18(26)15-4-2-3-5-16(15)19(24)27)17(25)21-14-8-10-23(11-9-14)20(28)22-13-6-7-13/h2-5,12-14H,6-11H2,1H3,(H,21,25)(H,22,28). The summed E-state index contributed by atoms with van der Waals surface area (Å²) in [7, 11) is 0. The number of carbonyl (C=O) groups excluding carboxylic acids is 4. The number of nitrogens with zero attached hydrogens (tertiary/aromatic N) is 2. The van der Waals surface area contributed by atoms with Gasteiger partial charge in [-0.3, -0.25) is 19.3 Å². The summed E-state index contributed by atoms with van der Waals surface area (Å²) in [6.07, 6.45) is 3.40. The largest absolute Gasteiger partial charge is 0.351 e. The highest BCUT2D eigenvalue weighted by Gasteiger charge is 2.41. The molecule has 0 radical (unpaired) electrons. The van der Waals surface area contributed by atoms with Crippen LogP contribution in [0, 0.1) is 0 Å². The second-order valence-corrected chi connectivity index (χ2v) is 7.70. The molecule has 1 saturated heterocycles. The van der Waals surface area contributed by atoms with Crippen molar-refractivity contribution in [3.8, 4) is 0 Å². The minimum absolute atomic E-state index is 0.0355. The van der Waals surface area contributed by atoms with E-state index in [1.54, 1.807) is 36.1 Å². The average Bonchev–Trinajstić information content (AvgIpc) is 3.48. The summed E-state index contributed by atoms with van der Waals surface area (Å²) in [5.74, 6) is -1.22. The third-order valence-corrected chi connectivity index (χ3v) is 5.63. The van der Waals surface area contributed by atoms with Crippen LogP contribution in [0.3, 0.4) is 0 Å². The van der Waals surface area contributed by atoms with Crippen LogP contribution in [0.4, 0.5) is 4.79 Å². The Kier molecular flexibility index (Phi) is 4.78. The van der Waals surface area contributed by atoms with Crippen molar-refractivity contribution in [1.82, 2.24) is 20.4 Å². The van der Waals surface area contributed by atoms with Gasteiger partial charge in [-0.2, -0.15) is 0 Å². The molecular weight excluding hydrogens is 360 g/mol. The molecule has 3 aliphatic rings. The van der Waals surface area contributed by atoms with E-state index in [0.717, 1.165) is 17.7 Å². The first-order chi connectivity index (χ1) is 13.5. The molecule has 5 amide bonds. The lowest BCUT2D eigenvalue weighted by Crippen LogP contribution is -2.54. The number of imide groups is 1. The number of rotatable bonds is 4. The second kappa shape index (κ2) is 7.26. The lowest BCUT2D eigenvalue weighted by molar-refractivity contribution is -0.125. The Morgan fingerprint density at radius 3 is 2.00 bits per heavy atom. The molecule has 1 saturated carbocycles. The van der Waals surface area contributed by atoms with E-state index in [4.69, 9.17) is 0 Å². The molecule has 1 unspecified atom stereocenters. The van der Waals surface area contributed by atoms with Crippen LogP contribution in [0.15, 0.2) is 24.3 Å². The molecule has 148 valence electrons. The molecular formula is C20H24N4O4. The van der Waals surface area contributed by atoms with E-state index < -0.39 is 17.9 Å². The van der Waals surface area contributed by atoms with Crippen molar-refractivity contribution in [2.75, 3.05) is 13.1 Å². The van der Waals surface area contributed by atoms with Crippen molar-refractivity contribution in [3.63, 3.8) is 0 Å². The first-order valence-electron chi connectivity index (χ1n) is 9.78. The van der Waals surface area contributed by atoms with E-state index in [9.17, 15) is 19.2 Å². The minimum Gasteiger partial charge on any atom is -0.351 e. The summed E-state index contributed by atoms with van der Waals surface area (Å²) < 4.78 is 0. The number of likely N-dealkylation sites (tertiary alicyclic amines) is 1. The number of carbonyl (C=O) groups is 4. The van der Waals surface area contributed by atoms with Gasteiger partial charge in [-0.1, -0.05) is 12.1 Å². The molecule has 1 atom stereocenters. The number of amides is 5. The molecule has 2 aliphatic heterocycles. The molecule has 2 fully saturated rings. The van der Waals surface area contributed by atoms with Crippen LogP contribution in [0.25, 0.3) is 0 Å². The molecule has 1 aliphatic carbocycles. The van der Waals surface area contributed by atoms with Crippen LogP contribution in [-0.4, -0.2) is 64.8 Å². The average molecular weight is 384 g/mol. The number of fused-ring (bicyclic) bond motifs is 1. The molecule has 1 aromatic rings. The van der Waals surface area contributed by atoms with Crippen molar-refractivity contribution in [2.45, 2.75) is 50.7 Å². The monoisotopic (exact) mass is 384 g/mol. The number of piperidine rings is 1. The highest BCUT2D eigenvalue weighted by atomic mass is 16.2. The van der Waals surface area contributed by atoms with Gasteiger partial charge in [0.1, 0.15) is 6.04 Å². The summed E-state index contributed by atoms with van der Waals surface area (Å²) in [6, 6.07) is 5.93. The normalized spacial score (nSPS) is 20.8. The minimum atomic E-state index is -0.886. The van der Waals surface area contributed by atoms with Gasteiger partial charge in [-0.25, -0.2) is 4.79 Å². The smallest absolute Gasteiger partial charge is 0.317 e. The van der Waals surface area contributed by atoms with E-state index in [1.165, 1.54) is 0 Å². The van der Waals surface area contributed by atoms with E-state index in [2.05, 4.69) is 10.6 Å². The van der Waals surface area contributed by atoms with Crippen LogP contribution in [0.2, 0.25) is 0 Å². The zero-order chi connectivity index (χ0) is 19.8. The molecule has 8 heteroatoms. The van der Waals surface area contributed by atoms with Gasteiger partial charge >= 0.3 is 6.03 Å². The summed E-state index contributed by atoms with van der Waals surface area (Å²) in [4.78, 5) is 52.6. The van der Waals surface area contributed by atoms with Gasteiger partial charge < -0.3 is 15.5 Å². The van der Waals surface area contributed by atoms with Crippen molar-refractivity contribution in [2.24, 2.45) is 0 Å². The predicted molar refractivity (Wildman–Crippen MR) is 101 cm³/mol. The molecule has 28 heavy (non-hydrogen) atoms. The number of hydrogen-bond acceptors (Lipinski definition) is 4. The van der Waals surface area contributed by atoms with Gasteiger partial charge in [-0.15, -0.1) is 0 Å². The first-order valence-corrected chi connectivity index (χ1v) is 9.78. The van der Waals surface area contributed by atoms with Crippen molar-refractivity contribution in [1.29, 1.82) is 0 Å². The molecule has 1 aromatic carbocycles. The predicted octanol–water partition coefficient (Wildman–Crippen LogP) is 1.12. The fraction of sp³-hybridized carbons (Fsp3) is 0.500. The quantitative estimate of drug-likeness (QED) is 0.760. The lowest BCUT2D eigenvalue weighted by Gasteiger charge is -2.33. The second-order valence-electron chi connectivity index (χ2n) is 7.70. The van der Waals surface area contributed by atoms with Crippen LogP contribution < -0.4 is 10.6 Å². The van der Waals surface area contributed by atoms with E-state index >= 15 is 0 Å². The fourth-order valence-corrected chi connectivity index (χ4v) is 3.72. The van der Waals surface area contributed by atoms with Gasteiger partial charge in [0.2, 0.25) is 5.91 Å². The number of benzene rings is 1. The first kappa shape index (κ1) is 18.5. The maximum absolute atomic E-state index is 12.7. The van der Waals surface area contributed by atoms with Gasteiger partial charge in [0.25, 0.3) is 11.8 Å². The van der Waals surface area contributed by atoms with Gasteiger partial charge in [0.05, 0.1) is 11.1 Å². The van der Waals surface area contributed by atoms with Crippen LogP contribution in [0.1, 0.15) is 53.3 Å². The van der Waals surface area contributed by atoms with Gasteiger partial charge in [0.15, 0.2) is 0 Å². The summed E-state index contributed by atoms with van der Waals surface area (Å²) in [5, 5.41) is 5.90.